The summed E-state index contributed by atoms with van der Waals surface area (Å²) in [5, 5.41) is 2.42. The largest absolute Gasteiger partial charge is 0.416 e. The molecule has 34 heavy (non-hydrogen) atoms. The predicted octanol–water partition coefficient (Wildman–Crippen LogP) is 7.07. The number of carbonyl (C=O) groups excluding carboxylic acids is 1. The molecule has 1 amide bonds. The van der Waals surface area contributed by atoms with Crippen LogP contribution in [0.4, 0.5) is 13.2 Å². The molecular weight excluding hydrogens is 484 g/mol. The molecule has 1 fully saturated rings. The summed E-state index contributed by atoms with van der Waals surface area (Å²) in [6.07, 6.45) is 8.43. The van der Waals surface area contributed by atoms with Crippen LogP contribution in [0.25, 0.3) is 6.08 Å². The van der Waals surface area contributed by atoms with E-state index in [1.807, 2.05) is 12.2 Å². The Hall–Kier alpha value is -1.76. The van der Waals surface area contributed by atoms with E-state index < -0.39 is 17.6 Å². The van der Waals surface area contributed by atoms with Gasteiger partial charge in [0.1, 0.15) is 0 Å². The van der Waals surface area contributed by atoms with Crippen LogP contribution in [0.2, 0.25) is 5.02 Å². The lowest BCUT2D eigenvalue weighted by molar-refractivity contribution is -0.137. The first-order chi connectivity index (χ1) is 16.0. The minimum Gasteiger partial charge on any atom is -0.323 e. The Labute approximate surface area is 209 Å². The molecule has 1 aliphatic heterocycles. The number of piperidine rings is 1. The highest BCUT2D eigenvalue weighted by molar-refractivity contribution is 6.32. The highest BCUT2D eigenvalue weighted by Gasteiger charge is 2.32. The summed E-state index contributed by atoms with van der Waals surface area (Å²) >= 11 is 12.6. The second-order valence-corrected chi connectivity index (χ2v) is 10.4. The Morgan fingerprint density at radius 2 is 2.00 bits per heavy atom. The van der Waals surface area contributed by atoms with E-state index >= 15 is 0 Å². The molecule has 0 saturated carbocycles. The first kappa shape index (κ1) is 26.8. The van der Waals surface area contributed by atoms with Gasteiger partial charge in [-0.3, -0.25) is 4.79 Å². The van der Waals surface area contributed by atoms with Gasteiger partial charge in [0.25, 0.3) is 0 Å². The fourth-order valence-electron chi connectivity index (χ4n) is 4.24. The molecule has 0 bridgehead atoms. The number of allylic oxidation sites excluding steroid dienone is 3. The number of nitrogens with one attached hydrogen (secondary N) is 1. The molecule has 0 radical (unpaired) electrons. The average molecular weight is 515 g/mol. The molecule has 186 valence electrons. The second-order valence-electron chi connectivity index (χ2n) is 9.55. The fourth-order valence-corrected chi connectivity index (χ4v) is 4.80. The number of likely N-dealkylation sites (tertiary alicyclic amines) is 1. The Morgan fingerprint density at radius 3 is 2.62 bits per heavy atom. The first-order valence-corrected chi connectivity index (χ1v) is 12.4. The van der Waals surface area contributed by atoms with E-state index in [2.05, 4.69) is 30.1 Å². The predicted molar refractivity (Wildman–Crippen MR) is 133 cm³/mol. The van der Waals surface area contributed by atoms with Crippen molar-refractivity contribution in [3.05, 3.63) is 64.3 Å². The van der Waals surface area contributed by atoms with E-state index in [0.717, 1.165) is 37.4 Å². The molecule has 1 aromatic rings. The average Bonchev–Trinajstić information content (AvgIpc) is 2.76. The van der Waals surface area contributed by atoms with Crippen molar-refractivity contribution in [2.24, 2.45) is 11.3 Å². The molecule has 1 heterocycles. The van der Waals surface area contributed by atoms with Crippen molar-refractivity contribution >= 4 is 35.2 Å². The Bertz CT molecular complexity index is 965. The molecule has 3 nitrogen and oxygen atoms in total. The number of halogens is 5. The van der Waals surface area contributed by atoms with Gasteiger partial charge in [-0.1, -0.05) is 37.6 Å². The molecule has 1 aliphatic carbocycles. The van der Waals surface area contributed by atoms with Crippen LogP contribution < -0.4 is 5.32 Å². The summed E-state index contributed by atoms with van der Waals surface area (Å²) in [5.41, 5.74) is -0.111. The smallest absolute Gasteiger partial charge is 0.323 e. The minimum atomic E-state index is -4.47. The van der Waals surface area contributed by atoms with Gasteiger partial charge in [0.2, 0.25) is 5.91 Å². The summed E-state index contributed by atoms with van der Waals surface area (Å²) in [7, 11) is 0. The number of benzene rings is 1. The van der Waals surface area contributed by atoms with Gasteiger partial charge in [-0.15, -0.1) is 11.6 Å². The van der Waals surface area contributed by atoms with Crippen molar-refractivity contribution in [1.82, 2.24) is 10.2 Å². The number of hydrogen-bond donors (Lipinski definition) is 1. The van der Waals surface area contributed by atoms with Crippen molar-refractivity contribution in [3.8, 4) is 0 Å². The van der Waals surface area contributed by atoms with Crippen LogP contribution in [-0.2, 0) is 11.0 Å². The van der Waals surface area contributed by atoms with E-state index in [0.29, 0.717) is 11.3 Å². The molecule has 0 spiro atoms. The van der Waals surface area contributed by atoms with Gasteiger partial charge in [-0.05, 0) is 87.2 Å². The van der Waals surface area contributed by atoms with Crippen molar-refractivity contribution in [3.63, 3.8) is 0 Å². The summed E-state index contributed by atoms with van der Waals surface area (Å²) in [4.78, 5) is 14.8. The van der Waals surface area contributed by atoms with Crippen LogP contribution in [0, 0.1) is 11.3 Å². The number of carbonyl (C=O) groups is 1. The van der Waals surface area contributed by atoms with Gasteiger partial charge in [0.05, 0.1) is 10.9 Å². The lowest BCUT2D eigenvalue weighted by atomic mass is 9.78. The minimum absolute atomic E-state index is 0.0775. The van der Waals surface area contributed by atoms with Gasteiger partial charge < -0.3 is 10.2 Å². The summed E-state index contributed by atoms with van der Waals surface area (Å²) < 4.78 is 38.3. The third-order valence-corrected chi connectivity index (χ3v) is 7.63. The molecule has 8 heteroatoms. The third-order valence-electron chi connectivity index (χ3n) is 6.68. The molecule has 3 rings (SSSR count). The number of rotatable bonds is 7. The van der Waals surface area contributed by atoms with Crippen molar-refractivity contribution in [2.45, 2.75) is 51.1 Å². The van der Waals surface area contributed by atoms with Gasteiger partial charge in [0, 0.05) is 22.2 Å². The molecular formula is C26H31Cl2F3N2O. The van der Waals surface area contributed by atoms with Gasteiger partial charge in [-0.25, -0.2) is 0 Å². The van der Waals surface area contributed by atoms with Crippen LogP contribution in [0.15, 0.2) is 48.2 Å². The van der Waals surface area contributed by atoms with Crippen molar-refractivity contribution < 1.29 is 18.0 Å². The zero-order chi connectivity index (χ0) is 24.9. The van der Waals surface area contributed by atoms with Crippen LogP contribution in [0.1, 0.15) is 50.7 Å². The maximum absolute atomic E-state index is 12.8. The van der Waals surface area contributed by atoms with Crippen LogP contribution in [0.3, 0.4) is 0 Å². The zero-order valence-electron chi connectivity index (χ0n) is 19.5. The number of amides is 1. The van der Waals surface area contributed by atoms with Crippen LogP contribution in [-0.4, -0.2) is 35.8 Å². The summed E-state index contributed by atoms with van der Waals surface area (Å²) in [6.45, 7) is 7.84. The summed E-state index contributed by atoms with van der Waals surface area (Å²) in [6, 6.07) is 3.01. The van der Waals surface area contributed by atoms with Crippen LogP contribution >= 0.6 is 23.2 Å². The van der Waals surface area contributed by atoms with Crippen molar-refractivity contribution in [1.29, 1.82) is 0 Å². The monoisotopic (exact) mass is 514 g/mol. The first-order valence-electron chi connectivity index (χ1n) is 11.6. The van der Waals surface area contributed by atoms with Gasteiger partial charge in [-0.2, -0.15) is 13.2 Å². The molecule has 1 aromatic carbocycles. The quantitative estimate of drug-likeness (QED) is 0.311. The van der Waals surface area contributed by atoms with E-state index in [-0.39, 0.29) is 15.8 Å². The fraction of sp³-hybridized carbons (Fsp3) is 0.500. The molecule has 2 unspecified atom stereocenters. The maximum atomic E-state index is 12.8. The molecule has 1 saturated heterocycles. The SMILES string of the molecule is CC1CCN(CCCC2(C)C=CC(NC(=O)/C=C/c3ccc(C(F)(F)F)cc3Cl)=CC2Cl)CC1. The number of hydrogen-bond acceptors (Lipinski definition) is 2. The zero-order valence-corrected chi connectivity index (χ0v) is 21.0. The van der Waals surface area contributed by atoms with E-state index in [1.54, 1.807) is 0 Å². The molecule has 2 atom stereocenters. The maximum Gasteiger partial charge on any atom is 0.416 e. The highest BCUT2D eigenvalue weighted by atomic mass is 35.5. The topological polar surface area (TPSA) is 32.3 Å². The lowest BCUT2D eigenvalue weighted by Gasteiger charge is -2.35. The normalized spacial score (nSPS) is 24.4. The lowest BCUT2D eigenvalue weighted by Crippen LogP contribution is -2.35. The van der Waals surface area contributed by atoms with Gasteiger partial charge in [0.15, 0.2) is 0 Å². The van der Waals surface area contributed by atoms with E-state index in [4.69, 9.17) is 23.2 Å². The third kappa shape index (κ3) is 7.37. The second kappa shape index (κ2) is 11.3. The Morgan fingerprint density at radius 1 is 1.29 bits per heavy atom. The van der Waals surface area contributed by atoms with Gasteiger partial charge >= 0.3 is 6.18 Å². The number of nitrogens with zero attached hydrogens (tertiary/aromatic N) is 1. The molecule has 2 aliphatic rings. The Balaban J connectivity index is 1.50. The standard InChI is InChI=1S/C26H31Cl2F3N2O/c1-18-9-14-33(15-10-18)13-3-11-25(2)12-8-21(17-23(25)28)32-24(34)7-5-19-4-6-20(16-22(19)27)26(29,30)31/h4-8,12,16-18,23H,3,9-11,13-15H2,1-2H3,(H,32,34)/b7-5+. The Kier molecular flexibility index (Phi) is 8.93. The van der Waals surface area contributed by atoms with E-state index in [9.17, 15) is 18.0 Å². The highest BCUT2D eigenvalue weighted by Crippen LogP contribution is 2.38. The molecule has 1 N–H and O–H groups in total. The number of alkyl halides is 4. The van der Waals surface area contributed by atoms with E-state index in [1.165, 1.54) is 44.1 Å². The molecule has 0 aromatic heterocycles. The van der Waals surface area contributed by atoms with Crippen LogP contribution in [0.5, 0.6) is 0 Å². The van der Waals surface area contributed by atoms with Crippen molar-refractivity contribution in [2.75, 3.05) is 19.6 Å². The summed E-state index contributed by atoms with van der Waals surface area (Å²) in [5.74, 6) is 0.404.